The number of carbonyl (C=O) groups excluding carboxylic acids is 1. The lowest BCUT2D eigenvalue weighted by Crippen LogP contribution is -2.51. The largest absolute Gasteiger partial charge is 0.394 e. The van der Waals surface area contributed by atoms with Crippen molar-refractivity contribution in [1.82, 2.24) is 14.9 Å². The number of hydrogen-bond donors (Lipinski definition) is 1. The second-order valence-electron chi connectivity index (χ2n) is 6.03. The van der Waals surface area contributed by atoms with E-state index in [4.69, 9.17) is 0 Å². The lowest BCUT2D eigenvalue weighted by Gasteiger charge is -2.38. The highest BCUT2D eigenvalue weighted by atomic mass is 16.3. The third-order valence-electron chi connectivity index (χ3n) is 3.92. The van der Waals surface area contributed by atoms with Crippen LogP contribution in [0.1, 0.15) is 49.4 Å². The van der Waals surface area contributed by atoms with E-state index in [9.17, 15) is 9.90 Å². The van der Waals surface area contributed by atoms with Crippen LogP contribution >= 0.6 is 0 Å². The third kappa shape index (κ3) is 2.82. The summed E-state index contributed by atoms with van der Waals surface area (Å²) in [5.41, 5.74) is -0.00891. The standard InChI is InChI=1S/C15H23N3O2/c1-11(2)9-15(10-19)6-4-8-18(15)14(20)13-5-7-16-12(3)17-13/h5,7,11,19H,4,6,8-10H2,1-3H3/t15-/m1/s1. The lowest BCUT2D eigenvalue weighted by atomic mass is 9.87. The van der Waals surface area contributed by atoms with Gasteiger partial charge in [-0.05, 0) is 38.2 Å². The maximum Gasteiger partial charge on any atom is 0.273 e. The maximum atomic E-state index is 12.7. The summed E-state index contributed by atoms with van der Waals surface area (Å²) in [4.78, 5) is 22.7. The predicted octanol–water partition coefficient (Wildman–Crippen LogP) is 1.80. The van der Waals surface area contributed by atoms with Gasteiger partial charge in [-0.2, -0.15) is 0 Å². The molecule has 2 rings (SSSR count). The number of carbonyl (C=O) groups is 1. The van der Waals surface area contributed by atoms with Gasteiger partial charge in [0.2, 0.25) is 0 Å². The molecule has 0 radical (unpaired) electrons. The number of aromatic nitrogens is 2. The molecule has 0 aliphatic carbocycles. The molecule has 110 valence electrons. The van der Waals surface area contributed by atoms with E-state index in [0.717, 1.165) is 19.3 Å². The molecule has 1 atom stereocenters. The van der Waals surface area contributed by atoms with Crippen LogP contribution < -0.4 is 0 Å². The van der Waals surface area contributed by atoms with Crippen LogP contribution in [0.2, 0.25) is 0 Å². The van der Waals surface area contributed by atoms with Gasteiger partial charge in [0.05, 0.1) is 12.1 Å². The third-order valence-corrected chi connectivity index (χ3v) is 3.92. The van der Waals surface area contributed by atoms with Crippen LogP contribution in [0.4, 0.5) is 0 Å². The first-order chi connectivity index (χ1) is 9.48. The van der Waals surface area contributed by atoms with Gasteiger partial charge < -0.3 is 10.0 Å². The van der Waals surface area contributed by atoms with E-state index in [1.807, 2.05) is 4.90 Å². The summed E-state index contributed by atoms with van der Waals surface area (Å²) in [6.45, 7) is 6.71. The minimum Gasteiger partial charge on any atom is -0.394 e. The van der Waals surface area contributed by atoms with Gasteiger partial charge in [0.1, 0.15) is 11.5 Å². The van der Waals surface area contributed by atoms with Crippen LogP contribution in [-0.4, -0.2) is 44.6 Å². The summed E-state index contributed by atoms with van der Waals surface area (Å²) >= 11 is 0. The molecule has 20 heavy (non-hydrogen) atoms. The second kappa shape index (κ2) is 5.87. The Bertz CT molecular complexity index is 490. The molecule has 1 aromatic heterocycles. The van der Waals surface area contributed by atoms with Gasteiger partial charge in [0, 0.05) is 12.7 Å². The summed E-state index contributed by atoms with van der Waals surface area (Å²) in [5.74, 6) is 0.930. The van der Waals surface area contributed by atoms with Crippen molar-refractivity contribution < 1.29 is 9.90 Å². The van der Waals surface area contributed by atoms with Crippen molar-refractivity contribution >= 4 is 5.91 Å². The fraction of sp³-hybridized carbons (Fsp3) is 0.667. The second-order valence-corrected chi connectivity index (χ2v) is 6.03. The fourth-order valence-electron chi connectivity index (χ4n) is 3.17. The summed E-state index contributed by atoms with van der Waals surface area (Å²) in [6.07, 6.45) is 4.22. The number of aryl methyl sites for hydroxylation is 1. The molecule has 2 heterocycles. The van der Waals surface area contributed by atoms with Crippen LogP contribution in [-0.2, 0) is 0 Å². The Labute approximate surface area is 120 Å². The van der Waals surface area contributed by atoms with Crippen molar-refractivity contribution in [3.8, 4) is 0 Å². The molecule has 1 saturated heterocycles. The van der Waals surface area contributed by atoms with Crippen molar-refractivity contribution in [2.24, 2.45) is 5.92 Å². The summed E-state index contributed by atoms with van der Waals surface area (Å²) in [7, 11) is 0. The number of amides is 1. The van der Waals surface area contributed by atoms with Crippen LogP contribution in [0.3, 0.4) is 0 Å². The molecule has 0 unspecified atom stereocenters. The highest BCUT2D eigenvalue weighted by molar-refractivity contribution is 5.93. The van der Waals surface area contributed by atoms with Crippen LogP contribution in [0.5, 0.6) is 0 Å². The zero-order chi connectivity index (χ0) is 14.8. The van der Waals surface area contributed by atoms with Gasteiger partial charge in [0.25, 0.3) is 5.91 Å². The minimum absolute atomic E-state index is 0.0149. The molecule has 1 aliphatic heterocycles. The number of nitrogens with zero attached hydrogens (tertiary/aromatic N) is 3. The molecule has 1 fully saturated rings. The van der Waals surface area contributed by atoms with Crippen LogP contribution in [0, 0.1) is 12.8 Å². The van der Waals surface area contributed by atoms with Crippen molar-refractivity contribution in [3.05, 3.63) is 23.8 Å². The van der Waals surface area contributed by atoms with Crippen molar-refractivity contribution in [1.29, 1.82) is 0 Å². The first kappa shape index (κ1) is 14.9. The van der Waals surface area contributed by atoms with E-state index in [-0.39, 0.29) is 12.5 Å². The topological polar surface area (TPSA) is 66.3 Å². The summed E-state index contributed by atoms with van der Waals surface area (Å²) < 4.78 is 0. The van der Waals surface area contributed by atoms with Gasteiger partial charge in [-0.25, -0.2) is 9.97 Å². The number of rotatable bonds is 4. The predicted molar refractivity (Wildman–Crippen MR) is 76.3 cm³/mol. The Balaban J connectivity index is 2.27. The molecule has 1 N–H and O–H groups in total. The fourth-order valence-corrected chi connectivity index (χ4v) is 3.17. The number of aliphatic hydroxyl groups is 1. The normalized spacial score (nSPS) is 22.6. The van der Waals surface area contributed by atoms with E-state index in [1.54, 1.807) is 19.2 Å². The Kier molecular flexibility index (Phi) is 4.38. The molecule has 0 saturated carbocycles. The molecule has 1 aromatic rings. The smallest absolute Gasteiger partial charge is 0.273 e. The Morgan fingerprint density at radius 1 is 1.55 bits per heavy atom. The molecular formula is C15H23N3O2. The van der Waals surface area contributed by atoms with Gasteiger partial charge in [-0.1, -0.05) is 13.8 Å². The highest BCUT2D eigenvalue weighted by Crippen LogP contribution is 2.35. The van der Waals surface area contributed by atoms with Gasteiger partial charge in [-0.3, -0.25) is 4.79 Å². The van der Waals surface area contributed by atoms with E-state index < -0.39 is 5.54 Å². The molecule has 5 heteroatoms. The van der Waals surface area contributed by atoms with Crippen molar-refractivity contribution in [3.63, 3.8) is 0 Å². The monoisotopic (exact) mass is 277 g/mol. The highest BCUT2D eigenvalue weighted by Gasteiger charge is 2.43. The van der Waals surface area contributed by atoms with E-state index in [1.165, 1.54) is 0 Å². The van der Waals surface area contributed by atoms with Crippen LogP contribution in [0.15, 0.2) is 12.3 Å². The Morgan fingerprint density at radius 2 is 2.30 bits per heavy atom. The Hall–Kier alpha value is -1.49. The average molecular weight is 277 g/mol. The van der Waals surface area contributed by atoms with Gasteiger partial charge in [0.15, 0.2) is 0 Å². The molecule has 0 spiro atoms. The molecule has 0 aromatic carbocycles. The zero-order valence-electron chi connectivity index (χ0n) is 12.5. The maximum absolute atomic E-state index is 12.7. The Morgan fingerprint density at radius 3 is 2.90 bits per heavy atom. The SMILES string of the molecule is Cc1nccc(C(=O)N2CCC[C@]2(CO)CC(C)C)n1. The van der Waals surface area contributed by atoms with E-state index in [0.29, 0.717) is 24.0 Å². The number of likely N-dealkylation sites (tertiary alicyclic amines) is 1. The number of aliphatic hydroxyl groups excluding tert-OH is 1. The molecule has 5 nitrogen and oxygen atoms in total. The average Bonchev–Trinajstić information content (AvgIpc) is 2.81. The van der Waals surface area contributed by atoms with Crippen molar-refractivity contribution in [2.75, 3.05) is 13.2 Å². The van der Waals surface area contributed by atoms with Crippen LogP contribution in [0.25, 0.3) is 0 Å². The summed E-state index contributed by atoms with van der Waals surface area (Å²) in [6, 6.07) is 1.64. The minimum atomic E-state index is -0.426. The quantitative estimate of drug-likeness (QED) is 0.911. The van der Waals surface area contributed by atoms with Gasteiger partial charge >= 0.3 is 0 Å². The van der Waals surface area contributed by atoms with Gasteiger partial charge in [-0.15, -0.1) is 0 Å². The van der Waals surface area contributed by atoms with E-state index >= 15 is 0 Å². The zero-order valence-corrected chi connectivity index (χ0v) is 12.5. The lowest BCUT2D eigenvalue weighted by molar-refractivity contribution is 0.0327. The molecular weight excluding hydrogens is 254 g/mol. The molecule has 1 aliphatic rings. The summed E-state index contributed by atoms with van der Waals surface area (Å²) in [5, 5.41) is 9.86. The first-order valence-corrected chi connectivity index (χ1v) is 7.21. The molecule has 1 amide bonds. The van der Waals surface area contributed by atoms with E-state index in [2.05, 4.69) is 23.8 Å². The molecule has 0 bridgehead atoms. The van der Waals surface area contributed by atoms with Crippen molar-refractivity contribution in [2.45, 2.75) is 45.6 Å². The first-order valence-electron chi connectivity index (χ1n) is 7.21. The number of hydrogen-bond acceptors (Lipinski definition) is 4.